The number of rotatable bonds is 2. The van der Waals surface area contributed by atoms with Crippen molar-refractivity contribution in [3.8, 4) is 0 Å². The second kappa shape index (κ2) is 4.42. The molecule has 78 valence electrons. The fourth-order valence-electron chi connectivity index (χ4n) is 1.77. The Morgan fingerprint density at radius 2 is 2.21 bits per heavy atom. The first-order valence-corrected chi connectivity index (χ1v) is 5.62. The molecule has 2 rings (SSSR count). The zero-order valence-electron chi connectivity index (χ0n) is 7.92. The molecule has 4 nitrogen and oxygen atoms in total. The van der Waals surface area contributed by atoms with Crippen LogP contribution >= 0.6 is 15.9 Å². The van der Waals surface area contributed by atoms with E-state index in [0.717, 1.165) is 36.5 Å². The molecule has 2 heterocycles. The Bertz CT molecular complexity index is 307. The molecule has 1 aromatic rings. The van der Waals surface area contributed by atoms with E-state index in [-0.39, 0.29) is 0 Å². The minimum Gasteiger partial charge on any atom is -0.381 e. The number of nitrogens with two attached hydrogens (primary N) is 1. The van der Waals surface area contributed by atoms with Crippen LogP contribution in [0, 0.1) is 0 Å². The Morgan fingerprint density at radius 3 is 2.79 bits per heavy atom. The second-order valence-electron chi connectivity index (χ2n) is 3.48. The molecule has 0 unspecified atom stereocenters. The Balaban J connectivity index is 2.17. The van der Waals surface area contributed by atoms with Gasteiger partial charge in [-0.05, 0) is 28.8 Å². The molecule has 0 amide bonds. The van der Waals surface area contributed by atoms with Crippen LogP contribution in [0.1, 0.15) is 30.3 Å². The Labute approximate surface area is 91.4 Å². The lowest BCUT2D eigenvalue weighted by Crippen LogP contribution is -2.14. The van der Waals surface area contributed by atoms with Gasteiger partial charge in [-0.3, -0.25) is 0 Å². The average molecular weight is 260 g/mol. The summed E-state index contributed by atoms with van der Waals surface area (Å²) < 4.78 is 6.23. The molecule has 14 heavy (non-hydrogen) atoms. The Kier molecular flexibility index (Phi) is 3.20. The number of H-pyrrole nitrogens is 1. The molecule has 5 heteroatoms. The molecule has 1 fully saturated rings. The summed E-state index contributed by atoms with van der Waals surface area (Å²) >= 11 is 3.45. The minimum absolute atomic E-state index is 0.460. The van der Waals surface area contributed by atoms with Gasteiger partial charge in [0.15, 0.2) is 0 Å². The van der Waals surface area contributed by atoms with E-state index in [4.69, 9.17) is 10.5 Å². The second-order valence-corrected chi connectivity index (χ2v) is 4.23. The van der Waals surface area contributed by atoms with E-state index >= 15 is 0 Å². The zero-order chi connectivity index (χ0) is 9.97. The van der Waals surface area contributed by atoms with Crippen molar-refractivity contribution in [3.05, 3.63) is 16.1 Å². The van der Waals surface area contributed by atoms with Crippen molar-refractivity contribution in [2.24, 2.45) is 5.73 Å². The molecule has 0 aliphatic carbocycles. The Hall–Kier alpha value is -0.390. The summed E-state index contributed by atoms with van der Waals surface area (Å²) in [5.41, 5.74) is 6.70. The smallest absolute Gasteiger partial charge is 0.127 e. The molecule has 3 N–H and O–H groups in total. The van der Waals surface area contributed by atoms with Crippen LogP contribution in [0.4, 0.5) is 0 Å². The third-order valence-corrected chi connectivity index (χ3v) is 3.16. The third kappa shape index (κ3) is 1.99. The fraction of sp³-hybridized carbons (Fsp3) is 0.667. The lowest BCUT2D eigenvalue weighted by molar-refractivity contribution is 0.0844. The van der Waals surface area contributed by atoms with Gasteiger partial charge in [0.1, 0.15) is 10.4 Å². The average Bonchev–Trinajstić information content (AvgIpc) is 2.61. The van der Waals surface area contributed by atoms with Gasteiger partial charge in [-0.1, -0.05) is 0 Å². The number of nitrogens with zero attached hydrogens (tertiary/aromatic N) is 1. The molecule has 1 aromatic heterocycles. The maximum Gasteiger partial charge on any atom is 0.127 e. The molecule has 0 spiro atoms. The number of halogens is 1. The molecule has 0 radical (unpaired) electrons. The highest BCUT2D eigenvalue weighted by molar-refractivity contribution is 9.10. The number of aromatic nitrogens is 2. The van der Waals surface area contributed by atoms with Gasteiger partial charge >= 0.3 is 0 Å². The zero-order valence-corrected chi connectivity index (χ0v) is 9.51. The number of hydrogen-bond acceptors (Lipinski definition) is 3. The minimum atomic E-state index is 0.460. The number of ether oxygens (including phenoxy) is 1. The molecule has 0 saturated carbocycles. The van der Waals surface area contributed by atoms with Gasteiger partial charge < -0.3 is 15.5 Å². The predicted octanol–water partition coefficient (Wildman–Crippen LogP) is 1.52. The highest BCUT2D eigenvalue weighted by atomic mass is 79.9. The van der Waals surface area contributed by atoms with Crippen molar-refractivity contribution in [1.82, 2.24) is 9.97 Å². The summed E-state index contributed by atoms with van der Waals surface area (Å²) in [6.07, 6.45) is 2.12. The molecule has 0 bridgehead atoms. The summed E-state index contributed by atoms with van der Waals surface area (Å²) in [5.74, 6) is 1.38. The highest BCUT2D eigenvalue weighted by Crippen LogP contribution is 2.30. The van der Waals surface area contributed by atoms with Gasteiger partial charge in [0.2, 0.25) is 0 Å². The van der Waals surface area contributed by atoms with Crippen LogP contribution in [0.25, 0.3) is 0 Å². The molecular formula is C9H14BrN3O. The van der Waals surface area contributed by atoms with Crippen molar-refractivity contribution in [2.45, 2.75) is 25.3 Å². The molecule has 0 aromatic carbocycles. The molecule has 1 aliphatic rings. The van der Waals surface area contributed by atoms with E-state index in [9.17, 15) is 0 Å². The van der Waals surface area contributed by atoms with Gasteiger partial charge in [-0.2, -0.15) is 0 Å². The number of aromatic amines is 1. The van der Waals surface area contributed by atoms with Crippen LogP contribution in [0.2, 0.25) is 0 Å². The first-order chi connectivity index (χ1) is 6.81. The lowest BCUT2D eigenvalue weighted by Gasteiger charge is -2.20. The Morgan fingerprint density at radius 1 is 1.50 bits per heavy atom. The van der Waals surface area contributed by atoms with Gasteiger partial charge in [0, 0.05) is 19.1 Å². The van der Waals surface area contributed by atoms with Crippen LogP contribution in [0.3, 0.4) is 0 Å². The van der Waals surface area contributed by atoms with Crippen molar-refractivity contribution in [3.63, 3.8) is 0 Å². The monoisotopic (exact) mass is 259 g/mol. The van der Waals surface area contributed by atoms with Crippen molar-refractivity contribution in [2.75, 3.05) is 13.2 Å². The van der Waals surface area contributed by atoms with Crippen molar-refractivity contribution in [1.29, 1.82) is 0 Å². The first kappa shape index (κ1) is 10.1. The molecule has 0 atom stereocenters. The van der Waals surface area contributed by atoms with Crippen LogP contribution in [-0.2, 0) is 11.3 Å². The molecule has 1 saturated heterocycles. The summed E-state index contributed by atoms with van der Waals surface area (Å²) in [6.45, 7) is 2.14. The van der Waals surface area contributed by atoms with Crippen LogP contribution in [0.5, 0.6) is 0 Å². The van der Waals surface area contributed by atoms with Gasteiger partial charge in [-0.25, -0.2) is 4.98 Å². The van der Waals surface area contributed by atoms with Crippen molar-refractivity contribution >= 4 is 15.9 Å². The van der Waals surface area contributed by atoms with Gasteiger partial charge in [0.05, 0.1) is 12.2 Å². The summed E-state index contributed by atoms with van der Waals surface area (Å²) in [5, 5.41) is 0. The molecule has 1 aliphatic heterocycles. The maximum atomic E-state index is 5.52. The maximum absolute atomic E-state index is 5.52. The van der Waals surface area contributed by atoms with Crippen molar-refractivity contribution < 1.29 is 4.74 Å². The van der Waals surface area contributed by atoms with E-state index in [2.05, 4.69) is 25.9 Å². The van der Waals surface area contributed by atoms with Crippen LogP contribution in [0.15, 0.2) is 4.60 Å². The van der Waals surface area contributed by atoms with Gasteiger partial charge in [-0.15, -0.1) is 0 Å². The molecular weight excluding hydrogens is 246 g/mol. The van der Waals surface area contributed by atoms with E-state index in [1.807, 2.05) is 0 Å². The normalized spacial score (nSPS) is 18.7. The quantitative estimate of drug-likeness (QED) is 0.847. The fourth-order valence-corrected chi connectivity index (χ4v) is 2.40. The van der Waals surface area contributed by atoms with Crippen LogP contribution < -0.4 is 5.73 Å². The highest BCUT2D eigenvalue weighted by Gasteiger charge is 2.20. The summed E-state index contributed by atoms with van der Waals surface area (Å²) in [4.78, 5) is 7.56. The first-order valence-electron chi connectivity index (χ1n) is 4.83. The number of hydrogen-bond donors (Lipinski definition) is 2. The largest absolute Gasteiger partial charge is 0.381 e. The van der Waals surface area contributed by atoms with Crippen LogP contribution in [-0.4, -0.2) is 23.2 Å². The number of nitrogens with one attached hydrogen (secondary N) is 1. The SMILES string of the molecule is NCc1nc(Br)c(C2CCOCC2)[nH]1. The number of imidazole rings is 1. The van der Waals surface area contributed by atoms with E-state index in [1.165, 1.54) is 5.69 Å². The van der Waals surface area contributed by atoms with E-state index < -0.39 is 0 Å². The van der Waals surface area contributed by atoms with E-state index in [1.54, 1.807) is 0 Å². The summed E-state index contributed by atoms with van der Waals surface area (Å²) in [6, 6.07) is 0. The third-order valence-electron chi connectivity index (χ3n) is 2.56. The standard InChI is InChI=1S/C9H14BrN3O/c10-9-8(12-7(5-11)13-9)6-1-3-14-4-2-6/h6H,1-5,11H2,(H,12,13). The predicted molar refractivity (Wildman–Crippen MR) is 57.0 cm³/mol. The summed E-state index contributed by atoms with van der Waals surface area (Å²) in [7, 11) is 0. The topological polar surface area (TPSA) is 63.9 Å². The van der Waals surface area contributed by atoms with E-state index in [0.29, 0.717) is 12.5 Å². The lowest BCUT2D eigenvalue weighted by atomic mass is 9.97. The van der Waals surface area contributed by atoms with Gasteiger partial charge in [0.25, 0.3) is 0 Å².